The third-order valence-electron chi connectivity index (χ3n) is 3.49. The van der Waals surface area contributed by atoms with Crippen LogP contribution in [0.1, 0.15) is 24.5 Å². The lowest BCUT2D eigenvalue weighted by Crippen LogP contribution is -2.13. The molecule has 2 aromatic rings. The van der Waals surface area contributed by atoms with Crippen LogP contribution in [-0.2, 0) is 6.54 Å². The number of nitrogens with one attached hydrogen (secondary N) is 1. The highest BCUT2D eigenvalue weighted by Gasteiger charge is 2.08. The van der Waals surface area contributed by atoms with Crippen LogP contribution >= 0.6 is 0 Å². The van der Waals surface area contributed by atoms with E-state index in [1.165, 1.54) is 6.07 Å². The largest absolute Gasteiger partial charge is 0.496 e. The Morgan fingerprint density at radius 1 is 1.14 bits per heavy atom. The van der Waals surface area contributed by atoms with Gasteiger partial charge in [-0.05, 0) is 60.8 Å². The van der Waals surface area contributed by atoms with Crippen molar-refractivity contribution >= 4 is 0 Å². The van der Waals surface area contributed by atoms with E-state index < -0.39 is 0 Å². The number of rotatable bonds is 6. The number of hydrogen-bond acceptors (Lipinski definition) is 2. The number of aryl methyl sites for hydroxylation is 1. The summed E-state index contributed by atoms with van der Waals surface area (Å²) in [4.78, 5) is 0. The molecule has 0 radical (unpaired) electrons. The molecule has 0 aliphatic heterocycles. The van der Waals surface area contributed by atoms with E-state index >= 15 is 0 Å². The fraction of sp³-hybridized carbons (Fsp3) is 0.333. The van der Waals surface area contributed by atoms with Crippen LogP contribution < -0.4 is 10.1 Å². The second-order valence-corrected chi connectivity index (χ2v) is 5.18. The van der Waals surface area contributed by atoms with Gasteiger partial charge in [0.05, 0.1) is 7.11 Å². The smallest absolute Gasteiger partial charge is 0.131 e. The Balaban J connectivity index is 2.29. The van der Waals surface area contributed by atoms with Gasteiger partial charge in [0.25, 0.3) is 0 Å². The first kappa shape index (κ1) is 15.5. The molecule has 2 aromatic carbocycles. The summed E-state index contributed by atoms with van der Waals surface area (Å²) < 4.78 is 19.4. The summed E-state index contributed by atoms with van der Waals surface area (Å²) in [6, 6.07) is 11.0. The zero-order valence-electron chi connectivity index (χ0n) is 12.9. The van der Waals surface area contributed by atoms with E-state index in [0.29, 0.717) is 5.56 Å². The van der Waals surface area contributed by atoms with Crippen molar-refractivity contribution in [2.45, 2.75) is 26.8 Å². The highest BCUT2D eigenvalue weighted by molar-refractivity contribution is 5.67. The molecular weight excluding hydrogens is 265 g/mol. The van der Waals surface area contributed by atoms with Crippen LogP contribution in [0.5, 0.6) is 5.75 Å². The fourth-order valence-electron chi connectivity index (χ4n) is 2.36. The average Bonchev–Trinajstić information content (AvgIpc) is 2.49. The van der Waals surface area contributed by atoms with Crippen LogP contribution in [0.15, 0.2) is 36.4 Å². The molecule has 0 aromatic heterocycles. The Kier molecular flexibility index (Phi) is 5.34. The molecule has 0 fully saturated rings. The van der Waals surface area contributed by atoms with Gasteiger partial charge in [-0.15, -0.1) is 0 Å². The summed E-state index contributed by atoms with van der Waals surface area (Å²) in [5.41, 5.74) is 3.61. The molecular formula is C18H22FNO. The fourth-order valence-corrected chi connectivity index (χ4v) is 2.36. The summed E-state index contributed by atoms with van der Waals surface area (Å²) in [7, 11) is 1.64. The van der Waals surface area contributed by atoms with E-state index in [1.807, 2.05) is 37.3 Å². The molecule has 21 heavy (non-hydrogen) atoms. The topological polar surface area (TPSA) is 21.3 Å². The molecule has 0 heterocycles. The third kappa shape index (κ3) is 3.82. The highest BCUT2D eigenvalue weighted by Crippen LogP contribution is 2.28. The van der Waals surface area contributed by atoms with Crippen molar-refractivity contribution in [3.05, 3.63) is 53.3 Å². The zero-order valence-corrected chi connectivity index (χ0v) is 12.9. The van der Waals surface area contributed by atoms with Gasteiger partial charge in [-0.2, -0.15) is 0 Å². The van der Waals surface area contributed by atoms with E-state index in [0.717, 1.165) is 42.0 Å². The van der Waals surface area contributed by atoms with Crippen molar-refractivity contribution in [2.24, 2.45) is 0 Å². The van der Waals surface area contributed by atoms with Gasteiger partial charge in [-0.1, -0.05) is 19.1 Å². The summed E-state index contributed by atoms with van der Waals surface area (Å²) in [6.07, 6.45) is 1.09. The molecule has 0 atom stereocenters. The number of benzene rings is 2. The average molecular weight is 287 g/mol. The SMILES string of the molecule is CCCNCc1ccc(F)c(-c2ccc(OC)c(C)c2)c1. The summed E-state index contributed by atoms with van der Waals surface area (Å²) in [5, 5.41) is 3.34. The third-order valence-corrected chi connectivity index (χ3v) is 3.49. The number of methoxy groups -OCH3 is 1. The molecule has 0 unspecified atom stereocenters. The van der Waals surface area contributed by atoms with Crippen molar-refractivity contribution in [1.82, 2.24) is 5.32 Å². The maximum absolute atomic E-state index is 14.1. The molecule has 0 saturated heterocycles. The van der Waals surface area contributed by atoms with Gasteiger partial charge in [0.2, 0.25) is 0 Å². The molecule has 0 aliphatic rings. The van der Waals surface area contributed by atoms with E-state index in [4.69, 9.17) is 4.74 Å². The van der Waals surface area contributed by atoms with Crippen LogP contribution in [0.2, 0.25) is 0 Å². The minimum absolute atomic E-state index is 0.196. The van der Waals surface area contributed by atoms with Gasteiger partial charge in [0.1, 0.15) is 11.6 Å². The molecule has 2 nitrogen and oxygen atoms in total. The van der Waals surface area contributed by atoms with Gasteiger partial charge >= 0.3 is 0 Å². The number of hydrogen-bond donors (Lipinski definition) is 1. The van der Waals surface area contributed by atoms with Crippen molar-refractivity contribution in [3.63, 3.8) is 0 Å². The van der Waals surface area contributed by atoms with E-state index in [2.05, 4.69) is 12.2 Å². The molecule has 0 bridgehead atoms. The van der Waals surface area contributed by atoms with Crippen LogP contribution in [0, 0.1) is 12.7 Å². The van der Waals surface area contributed by atoms with Crippen LogP contribution in [-0.4, -0.2) is 13.7 Å². The molecule has 0 saturated carbocycles. The first-order valence-corrected chi connectivity index (χ1v) is 7.30. The quantitative estimate of drug-likeness (QED) is 0.799. The minimum atomic E-state index is -0.196. The Hall–Kier alpha value is -1.87. The van der Waals surface area contributed by atoms with Crippen molar-refractivity contribution < 1.29 is 9.13 Å². The first-order valence-electron chi connectivity index (χ1n) is 7.30. The Morgan fingerprint density at radius 3 is 2.62 bits per heavy atom. The minimum Gasteiger partial charge on any atom is -0.496 e. The summed E-state index contributed by atoms with van der Waals surface area (Å²) in [6.45, 7) is 5.82. The molecule has 1 N–H and O–H groups in total. The van der Waals surface area contributed by atoms with Gasteiger partial charge in [-0.3, -0.25) is 0 Å². The molecule has 0 spiro atoms. The summed E-state index contributed by atoms with van der Waals surface area (Å²) >= 11 is 0. The van der Waals surface area contributed by atoms with Crippen LogP contribution in [0.4, 0.5) is 4.39 Å². The van der Waals surface area contributed by atoms with Crippen molar-refractivity contribution in [3.8, 4) is 16.9 Å². The highest BCUT2D eigenvalue weighted by atomic mass is 19.1. The van der Waals surface area contributed by atoms with E-state index in [9.17, 15) is 4.39 Å². The van der Waals surface area contributed by atoms with Crippen LogP contribution in [0.25, 0.3) is 11.1 Å². The number of ether oxygens (including phenoxy) is 1. The molecule has 2 rings (SSSR count). The zero-order chi connectivity index (χ0) is 15.2. The first-order chi connectivity index (χ1) is 10.2. The monoisotopic (exact) mass is 287 g/mol. The number of halogens is 1. The second-order valence-electron chi connectivity index (χ2n) is 5.18. The normalized spacial score (nSPS) is 10.7. The van der Waals surface area contributed by atoms with Crippen molar-refractivity contribution in [2.75, 3.05) is 13.7 Å². The van der Waals surface area contributed by atoms with E-state index in [1.54, 1.807) is 7.11 Å². The maximum atomic E-state index is 14.1. The molecule has 112 valence electrons. The van der Waals surface area contributed by atoms with Gasteiger partial charge in [0, 0.05) is 12.1 Å². The Bertz CT molecular complexity index is 610. The van der Waals surface area contributed by atoms with Crippen LogP contribution in [0.3, 0.4) is 0 Å². The predicted octanol–water partition coefficient (Wildman–Crippen LogP) is 4.31. The van der Waals surface area contributed by atoms with E-state index in [-0.39, 0.29) is 5.82 Å². The lowest BCUT2D eigenvalue weighted by molar-refractivity contribution is 0.412. The predicted molar refractivity (Wildman–Crippen MR) is 85.1 cm³/mol. The molecule has 0 aliphatic carbocycles. The van der Waals surface area contributed by atoms with Crippen molar-refractivity contribution in [1.29, 1.82) is 0 Å². The lowest BCUT2D eigenvalue weighted by Gasteiger charge is -2.10. The Labute approximate surface area is 126 Å². The Morgan fingerprint density at radius 2 is 1.95 bits per heavy atom. The van der Waals surface area contributed by atoms with Gasteiger partial charge in [0.15, 0.2) is 0 Å². The van der Waals surface area contributed by atoms with Gasteiger partial charge in [-0.25, -0.2) is 4.39 Å². The molecule has 0 amide bonds. The summed E-state index contributed by atoms with van der Waals surface area (Å²) in [5.74, 6) is 0.624. The van der Waals surface area contributed by atoms with Gasteiger partial charge < -0.3 is 10.1 Å². The molecule has 3 heteroatoms. The standard InChI is InChI=1S/C18H22FNO/c1-4-9-20-12-14-5-7-17(19)16(11-14)15-6-8-18(21-3)13(2)10-15/h5-8,10-11,20H,4,9,12H2,1-3H3. The lowest BCUT2D eigenvalue weighted by atomic mass is 10.00. The maximum Gasteiger partial charge on any atom is 0.131 e. The second kappa shape index (κ2) is 7.23.